The number of nitrogens with zero attached hydrogens (tertiary/aromatic N) is 1. The van der Waals surface area contributed by atoms with Crippen LogP contribution in [0.2, 0.25) is 0 Å². The third-order valence-corrected chi connectivity index (χ3v) is 5.53. The summed E-state index contributed by atoms with van der Waals surface area (Å²) >= 11 is 0. The monoisotopic (exact) mass is 404 g/mol. The molecule has 0 saturated carbocycles. The Morgan fingerprint density at radius 1 is 1.18 bits per heavy atom. The molecular formula is C21H28N2O4S. The van der Waals surface area contributed by atoms with Crippen LogP contribution in [-0.4, -0.2) is 33.7 Å². The number of hydrogen-bond donors (Lipinski definition) is 1. The average molecular weight is 405 g/mol. The molecule has 2 rings (SSSR count). The molecule has 2 aromatic carbocycles. The van der Waals surface area contributed by atoms with Gasteiger partial charge in [-0.1, -0.05) is 35.9 Å². The van der Waals surface area contributed by atoms with Crippen molar-refractivity contribution in [1.29, 1.82) is 0 Å². The number of anilines is 1. The van der Waals surface area contributed by atoms with Gasteiger partial charge in [0.15, 0.2) is 0 Å². The van der Waals surface area contributed by atoms with Crippen LogP contribution in [0.5, 0.6) is 5.75 Å². The van der Waals surface area contributed by atoms with Crippen LogP contribution >= 0.6 is 0 Å². The minimum Gasteiger partial charge on any atom is -0.492 e. The molecule has 0 heterocycles. The maximum absolute atomic E-state index is 12.7. The number of hydrogen-bond acceptors (Lipinski definition) is 4. The Morgan fingerprint density at radius 3 is 2.50 bits per heavy atom. The van der Waals surface area contributed by atoms with Crippen molar-refractivity contribution in [3.63, 3.8) is 0 Å². The summed E-state index contributed by atoms with van der Waals surface area (Å²) in [5.74, 6) is 0.0379. The van der Waals surface area contributed by atoms with Gasteiger partial charge in [0.1, 0.15) is 12.3 Å². The molecule has 1 N–H and O–H groups in total. The number of aryl methyl sites for hydroxylation is 2. The van der Waals surface area contributed by atoms with E-state index in [9.17, 15) is 13.2 Å². The normalized spacial score (nSPS) is 12.3. The van der Waals surface area contributed by atoms with E-state index in [2.05, 4.69) is 5.32 Å². The van der Waals surface area contributed by atoms with Crippen LogP contribution in [0.3, 0.4) is 0 Å². The van der Waals surface area contributed by atoms with Crippen LogP contribution in [-0.2, 0) is 14.8 Å². The van der Waals surface area contributed by atoms with Gasteiger partial charge in [0.2, 0.25) is 15.9 Å². The van der Waals surface area contributed by atoms with Gasteiger partial charge in [-0.3, -0.25) is 9.10 Å². The third kappa shape index (κ3) is 5.48. The number of para-hydroxylation sites is 2. The van der Waals surface area contributed by atoms with Gasteiger partial charge in [-0.2, -0.15) is 0 Å². The van der Waals surface area contributed by atoms with Gasteiger partial charge in [0.25, 0.3) is 0 Å². The van der Waals surface area contributed by atoms with Crippen molar-refractivity contribution in [1.82, 2.24) is 5.32 Å². The summed E-state index contributed by atoms with van der Waals surface area (Å²) in [6, 6.07) is 12.6. The number of sulfonamides is 1. The first-order chi connectivity index (χ1) is 13.1. The number of rotatable bonds is 8. The fourth-order valence-corrected chi connectivity index (χ4v) is 3.90. The Morgan fingerprint density at radius 2 is 1.86 bits per heavy atom. The van der Waals surface area contributed by atoms with Crippen molar-refractivity contribution < 1.29 is 17.9 Å². The Balaban J connectivity index is 2.24. The highest BCUT2D eigenvalue weighted by Gasteiger charge is 2.24. The summed E-state index contributed by atoms with van der Waals surface area (Å²) in [4.78, 5) is 12.7. The number of carbonyl (C=O) groups excluding carboxylic acids is 1. The molecule has 6 nitrogen and oxygen atoms in total. The molecule has 152 valence electrons. The molecule has 2 aromatic rings. The maximum atomic E-state index is 12.7. The molecule has 0 fully saturated rings. The summed E-state index contributed by atoms with van der Waals surface area (Å²) in [7, 11) is -3.68. The highest BCUT2D eigenvalue weighted by molar-refractivity contribution is 7.92. The fourth-order valence-electron chi connectivity index (χ4n) is 3.04. The lowest BCUT2D eigenvalue weighted by Crippen LogP contribution is -2.41. The van der Waals surface area contributed by atoms with Crippen LogP contribution in [0, 0.1) is 13.8 Å². The van der Waals surface area contributed by atoms with E-state index in [0.717, 1.165) is 27.3 Å². The SMILES string of the molecule is CCOc1ccccc1N(CC(=O)NC(C)c1cc(C)ccc1C)S(C)(=O)=O. The number of benzene rings is 2. The Labute approximate surface area is 167 Å². The van der Waals surface area contributed by atoms with E-state index in [1.807, 2.05) is 45.9 Å². The van der Waals surface area contributed by atoms with Gasteiger partial charge < -0.3 is 10.1 Å². The van der Waals surface area contributed by atoms with E-state index in [1.165, 1.54) is 0 Å². The summed E-state index contributed by atoms with van der Waals surface area (Å²) in [6.07, 6.45) is 1.08. The molecular weight excluding hydrogens is 376 g/mol. The lowest BCUT2D eigenvalue weighted by atomic mass is 10.00. The van der Waals surface area contributed by atoms with Crippen molar-refractivity contribution in [2.24, 2.45) is 0 Å². The van der Waals surface area contributed by atoms with E-state index in [1.54, 1.807) is 24.3 Å². The zero-order valence-corrected chi connectivity index (χ0v) is 17.8. The minimum absolute atomic E-state index is 0.240. The first kappa shape index (κ1) is 21.8. The average Bonchev–Trinajstić information content (AvgIpc) is 2.61. The number of ether oxygens (including phenoxy) is 1. The van der Waals surface area contributed by atoms with Crippen LogP contribution in [0.25, 0.3) is 0 Å². The lowest BCUT2D eigenvalue weighted by Gasteiger charge is -2.25. The summed E-state index contributed by atoms with van der Waals surface area (Å²) in [5, 5.41) is 2.90. The minimum atomic E-state index is -3.68. The Bertz CT molecular complexity index is 941. The van der Waals surface area contributed by atoms with Gasteiger partial charge >= 0.3 is 0 Å². The molecule has 0 aromatic heterocycles. The number of nitrogens with one attached hydrogen (secondary N) is 1. The van der Waals surface area contributed by atoms with Gasteiger partial charge in [-0.25, -0.2) is 8.42 Å². The predicted molar refractivity (Wildman–Crippen MR) is 112 cm³/mol. The fraction of sp³-hybridized carbons (Fsp3) is 0.381. The summed E-state index contributed by atoms with van der Waals surface area (Å²) in [5.41, 5.74) is 3.53. The number of carbonyl (C=O) groups is 1. The molecule has 1 atom stereocenters. The zero-order valence-electron chi connectivity index (χ0n) is 17.0. The molecule has 1 unspecified atom stereocenters. The highest BCUT2D eigenvalue weighted by atomic mass is 32.2. The maximum Gasteiger partial charge on any atom is 0.241 e. The first-order valence-corrected chi connectivity index (χ1v) is 11.0. The van der Waals surface area contributed by atoms with Crippen molar-refractivity contribution in [3.05, 3.63) is 59.2 Å². The Kier molecular flexibility index (Phi) is 7.07. The van der Waals surface area contributed by atoms with Crippen LogP contribution in [0.15, 0.2) is 42.5 Å². The van der Waals surface area contributed by atoms with Crippen LogP contribution in [0.1, 0.15) is 36.6 Å². The van der Waals surface area contributed by atoms with Crippen molar-refractivity contribution in [2.45, 2.75) is 33.7 Å². The second-order valence-corrected chi connectivity index (χ2v) is 8.73. The van der Waals surface area contributed by atoms with E-state index in [-0.39, 0.29) is 18.5 Å². The molecule has 0 aliphatic heterocycles. The second-order valence-electron chi connectivity index (χ2n) is 6.82. The van der Waals surface area contributed by atoms with E-state index < -0.39 is 10.0 Å². The van der Waals surface area contributed by atoms with Crippen molar-refractivity contribution in [2.75, 3.05) is 23.7 Å². The molecule has 0 radical (unpaired) electrons. The van der Waals surface area contributed by atoms with Crippen LogP contribution < -0.4 is 14.4 Å². The van der Waals surface area contributed by atoms with E-state index >= 15 is 0 Å². The van der Waals surface area contributed by atoms with Crippen LogP contribution in [0.4, 0.5) is 5.69 Å². The molecule has 7 heteroatoms. The topological polar surface area (TPSA) is 75.7 Å². The molecule has 0 aliphatic rings. The summed E-state index contributed by atoms with van der Waals surface area (Å²) in [6.45, 7) is 7.76. The molecule has 0 bridgehead atoms. The van der Waals surface area contributed by atoms with Crippen molar-refractivity contribution >= 4 is 21.6 Å². The molecule has 28 heavy (non-hydrogen) atoms. The van der Waals surface area contributed by atoms with E-state index in [0.29, 0.717) is 18.0 Å². The Hall–Kier alpha value is -2.54. The quantitative estimate of drug-likeness (QED) is 0.732. The predicted octanol–water partition coefficient (Wildman–Crippen LogP) is 3.35. The highest BCUT2D eigenvalue weighted by Crippen LogP contribution is 2.29. The molecule has 0 saturated heterocycles. The van der Waals surface area contributed by atoms with Gasteiger partial charge in [0, 0.05) is 0 Å². The van der Waals surface area contributed by atoms with Gasteiger partial charge in [-0.05, 0) is 51.0 Å². The second kappa shape index (κ2) is 9.10. The largest absolute Gasteiger partial charge is 0.492 e. The van der Waals surface area contributed by atoms with Gasteiger partial charge in [-0.15, -0.1) is 0 Å². The first-order valence-electron chi connectivity index (χ1n) is 9.19. The van der Waals surface area contributed by atoms with Crippen molar-refractivity contribution in [3.8, 4) is 5.75 Å². The standard InChI is InChI=1S/C21H28N2O4S/c1-6-27-20-10-8-7-9-19(20)23(28(5,25)26)14-21(24)22-17(4)18-13-15(2)11-12-16(18)3/h7-13,17H,6,14H2,1-5H3,(H,22,24). The zero-order chi connectivity index (χ0) is 20.9. The smallest absolute Gasteiger partial charge is 0.241 e. The molecule has 0 spiro atoms. The molecule has 1 amide bonds. The third-order valence-electron chi connectivity index (χ3n) is 4.40. The molecule has 0 aliphatic carbocycles. The van der Waals surface area contributed by atoms with E-state index in [4.69, 9.17) is 4.74 Å². The van der Waals surface area contributed by atoms with Gasteiger partial charge in [0.05, 0.1) is 24.6 Å². The summed E-state index contributed by atoms with van der Waals surface area (Å²) < 4.78 is 31.3. The number of amides is 1. The lowest BCUT2D eigenvalue weighted by molar-refractivity contribution is -0.120.